The van der Waals surface area contributed by atoms with Crippen molar-refractivity contribution in [3.8, 4) is 0 Å². The first kappa shape index (κ1) is 24.3. The smallest absolute Gasteiger partial charge is 0.228 e. The van der Waals surface area contributed by atoms with Gasteiger partial charge in [-0.1, -0.05) is 55.8 Å². The van der Waals surface area contributed by atoms with Gasteiger partial charge in [-0.3, -0.25) is 14.4 Å². The van der Waals surface area contributed by atoms with Crippen molar-refractivity contribution in [2.24, 2.45) is 11.8 Å². The van der Waals surface area contributed by atoms with Crippen LogP contribution >= 0.6 is 0 Å². The Kier molecular flexibility index (Phi) is 7.30. The summed E-state index contributed by atoms with van der Waals surface area (Å²) < 4.78 is 0. The summed E-state index contributed by atoms with van der Waals surface area (Å²) in [5.74, 6) is 0.185. The minimum absolute atomic E-state index is 0.0368. The van der Waals surface area contributed by atoms with Gasteiger partial charge in [0.05, 0.1) is 0 Å². The van der Waals surface area contributed by atoms with Gasteiger partial charge in [-0.05, 0) is 86.6 Å². The van der Waals surface area contributed by atoms with Crippen LogP contribution in [0.3, 0.4) is 0 Å². The van der Waals surface area contributed by atoms with E-state index in [1.807, 2.05) is 32.9 Å². The van der Waals surface area contributed by atoms with Crippen LogP contribution < -0.4 is 0 Å². The molecule has 2 aliphatic carbocycles. The second-order valence-electron chi connectivity index (χ2n) is 10.4. The number of carbonyl (C=O) groups excluding carboxylic acids is 3. The molecule has 2 aromatic carbocycles. The van der Waals surface area contributed by atoms with Crippen LogP contribution in [0.2, 0.25) is 0 Å². The lowest BCUT2D eigenvalue weighted by atomic mass is 9.76. The number of aryl methyl sites for hydroxylation is 2. The zero-order chi connectivity index (χ0) is 24.4. The van der Waals surface area contributed by atoms with Crippen molar-refractivity contribution < 1.29 is 14.4 Å². The number of rotatable bonds is 8. The lowest BCUT2D eigenvalue weighted by molar-refractivity contribution is -0.133. The Morgan fingerprint density at radius 3 is 2.26 bits per heavy atom. The van der Waals surface area contributed by atoms with Gasteiger partial charge in [0.1, 0.15) is 0 Å². The zero-order valence-corrected chi connectivity index (χ0v) is 20.9. The van der Waals surface area contributed by atoms with Crippen LogP contribution in [0.15, 0.2) is 42.5 Å². The Labute approximate surface area is 203 Å². The Morgan fingerprint density at radius 2 is 1.62 bits per heavy atom. The third-order valence-corrected chi connectivity index (χ3v) is 7.70. The van der Waals surface area contributed by atoms with E-state index in [1.54, 1.807) is 0 Å². The van der Waals surface area contributed by atoms with Gasteiger partial charge in [0.15, 0.2) is 5.78 Å². The highest BCUT2D eigenvalue weighted by molar-refractivity contribution is 6.54. The molecular formula is C31H36O3. The van der Waals surface area contributed by atoms with Gasteiger partial charge in [0.25, 0.3) is 0 Å². The molecular weight excluding hydrogens is 420 g/mol. The number of allylic oxidation sites excluding steroid dienone is 2. The third-order valence-electron chi connectivity index (χ3n) is 7.70. The van der Waals surface area contributed by atoms with Crippen molar-refractivity contribution in [3.05, 3.63) is 75.9 Å². The summed E-state index contributed by atoms with van der Waals surface area (Å²) in [5.41, 5.74) is 6.66. The van der Waals surface area contributed by atoms with Crippen LogP contribution in [0.5, 0.6) is 0 Å². The standard InChI is InChI=1S/C31H36O3/c1-5-6-29(32)31(34)28-16-20(3)25-15-21(4)26(18-27(25)28)30(33)24-13-11-23(12-14-24)17-22-9-7-19(2)8-10-22/h7-10,15-16,18,20,23-24H,5-6,11-14,17H2,1-4H3. The molecule has 0 heterocycles. The van der Waals surface area contributed by atoms with Gasteiger partial charge < -0.3 is 0 Å². The van der Waals surface area contributed by atoms with Crippen molar-refractivity contribution in [1.29, 1.82) is 0 Å². The predicted molar refractivity (Wildman–Crippen MR) is 137 cm³/mol. The van der Waals surface area contributed by atoms with Gasteiger partial charge in [-0.15, -0.1) is 0 Å². The molecule has 2 aromatic rings. The molecule has 0 spiro atoms. The summed E-state index contributed by atoms with van der Waals surface area (Å²) in [6.45, 7) is 8.05. The van der Waals surface area contributed by atoms with Crippen molar-refractivity contribution in [3.63, 3.8) is 0 Å². The fraction of sp³-hybridized carbons (Fsp3) is 0.452. The molecule has 0 bridgehead atoms. The lowest BCUT2D eigenvalue weighted by Crippen LogP contribution is -2.24. The highest BCUT2D eigenvalue weighted by Crippen LogP contribution is 2.40. The minimum Gasteiger partial charge on any atom is -0.294 e. The first-order chi connectivity index (χ1) is 16.3. The fourth-order valence-electron chi connectivity index (χ4n) is 5.63. The largest absolute Gasteiger partial charge is 0.294 e. The number of benzene rings is 2. The fourth-order valence-corrected chi connectivity index (χ4v) is 5.63. The summed E-state index contributed by atoms with van der Waals surface area (Å²) in [5, 5.41) is 0. The number of hydrogen-bond donors (Lipinski definition) is 0. The summed E-state index contributed by atoms with van der Waals surface area (Å²) in [6.07, 6.45) is 7.87. The molecule has 0 N–H and O–H groups in total. The molecule has 1 atom stereocenters. The predicted octanol–water partition coefficient (Wildman–Crippen LogP) is 6.97. The molecule has 1 unspecified atom stereocenters. The third kappa shape index (κ3) is 4.99. The average Bonchev–Trinajstić information content (AvgIpc) is 3.15. The van der Waals surface area contributed by atoms with Gasteiger partial charge >= 0.3 is 0 Å². The first-order valence-corrected chi connectivity index (χ1v) is 12.8. The van der Waals surface area contributed by atoms with Crippen molar-refractivity contribution >= 4 is 22.9 Å². The Balaban J connectivity index is 1.48. The van der Waals surface area contributed by atoms with Gasteiger partial charge in [-0.2, -0.15) is 0 Å². The molecule has 1 saturated carbocycles. The maximum absolute atomic E-state index is 13.5. The van der Waals surface area contributed by atoms with Crippen LogP contribution in [-0.4, -0.2) is 17.3 Å². The topological polar surface area (TPSA) is 51.2 Å². The molecule has 0 saturated heterocycles. The quantitative estimate of drug-likeness (QED) is 0.318. The van der Waals surface area contributed by atoms with Crippen molar-refractivity contribution in [2.45, 2.75) is 78.6 Å². The highest BCUT2D eigenvalue weighted by atomic mass is 16.2. The van der Waals surface area contributed by atoms with E-state index in [-0.39, 0.29) is 29.8 Å². The van der Waals surface area contributed by atoms with Crippen LogP contribution in [0.1, 0.15) is 96.5 Å². The molecule has 4 rings (SSSR count). The molecule has 2 aliphatic rings. The molecule has 3 nitrogen and oxygen atoms in total. The summed E-state index contributed by atoms with van der Waals surface area (Å²) in [7, 11) is 0. The van der Waals surface area contributed by atoms with E-state index in [4.69, 9.17) is 0 Å². The molecule has 178 valence electrons. The summed E-state index contributed by atoms with van der Waals surface area (Å²) in [6, 6.07) is 12.7. The lowest BCUT2D eigenvalue weighted by Gasteiger charge is -2.28. The van der Waals surface area contributed by atoms with E-state index in [9.17, 15) is 14.4 Å². The number of hydrogen-bond acceptors (Lipinski definition) is 3. The van der Waals surface area contributed by atoms with Gasteiger partial charge in [0.2, 0.25) is 11.6 Å². The Morgan fingerprint density at radius 1 is 0.941 bits per heavy atom. The monoisotopic (exact) mass is 456 g/mol. The van der Waals surface area contributed by atoms with Crippen LogP contribution in [0.4, 0.5) is 0 Å². The van der Waals surface area contributed by atoms with E-state index < -0.39 is 5.78 Å². The molecule has 34 heavy (non-hydrogen) atoms. The van der Waals surface area contributed by atoms with Crippen molar-refractivity contribution in [2.75, 3.05) is 0 Å². The Bertz CT molecular complexity index is 1130. The summed E-state index contributed by atoms with van der Waals surface area (Å²) in [4.78, 5) is 38.7. The summed E-state index contributed by atoms with van der Waals surface area (Å²) >= 11 is 0. The molecule has 0 aromatic heterocycles. The normalized spacial score (nSPS) is 21.6. The first-order valence-electron chi connectivity index (χ1n) is 12.8. The Hall–Kier alpha value is -2.81. The zero-order valence-electron chi connectivity index (χ0n) is 20.9. The second-order valence-corrected chi connectivity index (χ2v) is 10.4. The average molecular weight is 457 g/mol. The van der Waals surface area contributed by atoms with E-state index in [0.29, 0.717) is 17.9 Å². The van der Waals surface area contributed by atoms with E-state index in [0.717, 1.165) is 54.4 Å². The maximum atomic E-state index is 13.5. The van der Waals surface area contributed by atoms with E-state index in [2.05, 4.69) is 37.3 Å². The number of ketones is 3. The van der Waals surface area contributed by atoms with Gasteiger partial charge in [-0.25, -0.2) is 0 Å². The molecule has 0 aliphatic heterocycles. The maximum Gasteiger partial charge on any atom is 0.228 e. The van der Waals surface area contributed by atoms with Crippen molar-refractivity contribution in [1.82, 2.24) is 0 Å². The second kappa shape index (κ2) is 10.2. The van der Waals surface area contributed by atoms with E-state index >= 15 is 0 Å². The molecule has 0 amide bonds. The van der Waals surface area contributed by atoms with Crippen LogP contribution in [0, 0.1) is 25.7 Å². The SMILES string of the molecule is CCCC(=O)C(=O)C1=CC(C)c2cc(C)c(C(=O)C3CCC(Cc4ccc(C)cc4)CC3)cc21. The number of carbonyl (C=O) groups is 3. The molecule has 3 heteroatoms. The van der Waals surface area contributed by atoms with Crippen LogP contribution in [-0.2, 0) is 16.0 Å². The highest BCUT2D eigenvalue weighted by Gasteiger charge is 2.32. The number of fused-ring (bicyclic) bond motifs is 1. The van der Waals surface area contributed by atoms with Gasteiger partial charge in [0, 0.05) is 29.4 Å². The molecule has 0 radical (unpaired) electrons. The number of Topliss-reactive ketones (excluding diaryl/α,β-unsaturated/α-hetero) is 3. The van der Waals surface area contributed by atoms with E-state index in [1.165, 1.54) is 11.1 Å². The van der Waals surface area contributed by atoms with Crippen LogP contribution in [0.25, 0.3) is 5.57 Å². The minimum atomic E-state index is -0.411. The molecule has 1 fully saturated rings.